The molecule has 2 fully saturated rings. The summed E-state index contributed by atoms with van der Waals surface area (Å²) in [6.45, 7) is 3.85. The summed E-state index contributed by atoms with van der Waals surface area (Å²) < 4.78 is 5.43. The molecule has 0 aliphatic carbocycles. The quantitative estimate of drug-likeness (QED) is 0.818. The van der Waals surface area contributed by atoms with Crippen molar-refractivity contribution in [3.8, 4) is 0 Å². The van der Waals surface area contributed by atoms with Gasteiger partial charge in [-0.15, -0.1) is 0 Å². The first kappa shape index (κ1) is 15.4. The number of amides is 2. The Hall–Kier alpha value is -0.950. The number of carbonyl (C=O) groups excluding carboxylic acids is 1. The number of thioether (sulfide) groups is 1. The lowest BCUT2D eigenvalue weighted by Gasteiger charge is -2.40. The summed E-state index contributed by atoms with van der Waals surface area (Å²) in [5.74, 6) is 0.687. The van der Waals surface area contributed by atoms with Gasteiger partial charge in [0.1, 0.15) is 0 Å². The zero-order valence-electron chi connectivity index (χ0n) is 11.8. The topological polar surface area (TPSA) is 78.9 Å². The van der Waals surface area contributed by atoms with Crippen LogP contribution in [-0.4, -0.2) is 64.9 Å². The first-order chi connectivity index (χ1) is 9.50. The summed E-state index contributed by atoms with van der Waals surface area (Å²) in [4.78, 5) is 25.0. The van der Waals surface area contributed by atoms with Gasteiger partial charge in [0.25, 0.3) is 0 Å². The van der Waals surface area contributed by atoms with E-state index in [-0.39, 0.29) is 24.0 Å². The Morgan fingerprint density at radius 2 is 2.35 bits per heavy atom. The normalized spacial score (nSPS) is 30.9. The van der Waals surface area contributed by atoms with Gasteiger partial charge in [0, 0.05) is 24.7 Å². The summed E-state index contributed by atoms with van der Waals surface area (Å²) in [6, 6.07) is -0.385. The lowest BCUT2D eigenvalue weighted by atomic mass is 9.95. The molecule has 0 aromatic carbocycles. The summed E-state index contributed by atoms with van der Waals surface area (Å²) in [5, 5.41) is 12.0. The van der Waals surface area contributed by atoms with Crippen molar-refractivity contribution in [1.29, 1.82) is 0 Å². The third-order valence-electron chi connectivity index (χ3n) is 3.75. The molecule has 0 spiro atoms. The van der Waals surface area contributed by atoms with Crippen molar-refractivity contribution in [3.63, 3.8) is 0 Å². The molecular weight excluding hydrogens is 280 g/mol. The second-order valence-electron chi connectivity index (χ2n) is 5.67. The van der Waals surface area contributed by atoms with Crippen LogP contribution in [0.15, 0.2) is 0 Å². The molecule has 0 aromatic heterocycles. The maximum absolute atomic E-state index is 12.4. The van der Waals surface area contributed by atoms with Crippen LogP contribution in [0.25, 0.3) is 0 Å². The third kappa shape index (κ3) is 4.02. The molecule has 0 aromatic rings. The molecule has 2 unspecified atom stereocenters. The third-order valence-corrected chi connectivity index (χ3v) is 4.84. The SMILES string of the molecule is CC1(NC(=O)N2CCSCC2CC(=O)O)CCCOC1. The highest BCUT2D eigenvalue weighted by molar-refractivity contribution is 7.99. The minimum absolute atomic E-state index is 0.00757. The second-order valence-corrected chi connectivity index (χ2v) is 6.82. The highest BCUT2D eigenvalue weighted by Crippen LogP contribution is 2.22. The van der Waals surface area contributed by atoms with Crippen LogP contribution in [-0.2, 0) is 9.53 Å². The highest BCUT2D eigenvalue weighted by Gasteiger charge is 2.34. The minimum Gasteiger partial charge on any atom is -0.481 e. The van der Waals surface area contributed by atoms with Crippen molar-refractivity contribution >= 4 is 23.8 Å². The van der Waals surface area contributed by atoms with Gasteiger partial charge in [0.05, 0.1) is 24.6 Å². The van der Waals surface area contributed by atoms with E-state index in [2.05, 4.69) is 5.32 Å². The van der Waals surface area contributed by atoms with Crippen LogP contribution in [0.2, 0.25) is 0 Å². The average molecular weight is 302 g/mol. The molecule has 114 valence electrons. The maximum atomic E-state index is 12.4. The van der Waals surface area contributed by atoms with Crippen molar-refractivity contribution < 1.29 is 19.4 Å². The van der Waals surface area contributed by atoms with Crippen LogP contribution >= 0.6 is 11.8 Å². The molecule has 2 aliphatic rings. The van der Waals surface area contributed by atoms with Crippen LogP contribution in [0.4, 0.5) is 4.79 Å². The molecule has 2 heterocycles. The molecule has 2 aliphatic heterocycles. The van der Waals surface area contributed by atoms with Gasteiger partial charge in [-0.3, -0.25) is 4.79 Å². The molecule has 2 atom stereocenters. The molecule has 2 N–H and O–H groups in total. The van der Waals surface area contributed by atoms with E-state index in [1.165, 1.54) is 0 Å². The van der Waals surface area contributed by atoms with Gasteiger partial charge >= 0.3 is 12.0 Å². The van der Waals surface area contributed by atoms with Crippen molar-refractivity contribution in [2.75, 3.05) is 31.3 Å². The van der Waals surface area contributed by atoms with Gasteiger partial charge in [-0.1, -0.05) is 0 Å². The smallest absolute Gasteiger partial charge is 0.318 e. The number of hydrogen-bond donors (Lipinski definition) is 2. The van der Waals surface area contributed by atoms with Crippen molar-refractivity contribution in [2.24, 2.45) is 0 Å². The van der Waals surface area contributed by atoms with Gasteiger partial charge in [-0.2, -0.15) is 11.8 Å². The van der Waals surface area contributed by atoms with E-state index in [1.807, 2.05) is 6.92 Å². The lowest BCUT2D eigenvalue weighted by molar-refractivity contribution is -0.138. The number of rotatable bonds is 3. The molecular formula is C13H22N2O4S. The average Bonchev–Trinajstić information content (AvgIpc) is 2.38. The van der Waals surface area contributed by atoms with Crippen LogP contribution in [0.3, 0.4) is 0 Å². The van der Waals surface area contributed by atoms with E-state index in [4.69, 9.17) is 9.84 Å². The van der Waals surface area contributed by atoms with E-state index in [0.717, 1.165) is 25.2 Å². The predicted octanol–water partition coefficient (Wildman–Crippen LogP) is 1.16. The Balaban J connectivity index is 1.96. The monoisotopic (exact) mass is 302 g/mol. The number of carboxylic acid groups (broad SMARTS) is 1. The van der Waals surface area contributed by atoms with E-state index < -0.39 is 5.97 Å². The van der Waals surface area contributed by atoms with Crippen LogP contribution in [0.5, 0.6) is 0 Å². The number of carboxylic acids is 1. The van der Waals surface area contributed by atoms with Crippen molar-refractivity contribution in [3.05, 3.63) is 0 Å². The van der Waals surface area contributed by atoms with Crippen LogP contribution < -0.4 is 5.32 Å². The van der Waals surface area contributed by atoms with E-state index >= 15 is 0 Å². The Morgan fingerprint density at radius 1 is 1.55 bits per heavy atom. The number of hydrogen-bond acceptors (Lipinski definition) is 4. The molecule has 0 radical (unpaired) electrons. The molecule has 2 amide bonds. The predicted molar refractivity (Wildman–Crippen MR) is 77.1 cm³/mol. The molecule has 2 rings (SSSR count). The zero-order valence-corrected chi connectivity index (χ0v) is 12.6. The largest absolute Gasteiger partial charge is 0.481 e. The molecule has 20 heavy (non-hydrogen) atoms. The Labute approximate surface area is 123 Å². The van der Waals surface area contributed by atoms with Gasteiger partial charge in [-0.25, -0.2) is 4.79 Å². The Bertz CT molecular complexity index is 371. The number of nitrogens with one attached hydrogen (secondary N) is 1. The summed E-state index contributed by atoms with van der Waals surface area (Å²) in [6.07, 6.45) is 1.84. The number of aliphatic carboxylic acids is 1. The molecule has 0 bridgehead atoms. The standard InChI is InChI=1S/C13H22N2O4S/c1-13(3-2-5-19-9-13)14-12(18)15-4-6-20-8-10(15)7-11(16)17/h10H,2-9H2,1H3,(H,14,18)(H,16,17). The van der Waals surface area contributed by atoms with Crippen molar-refractivity contribution in [1.82, 2.24) is 10.2 Å². The summed E-state index contributed by atoms with van der Waals surface area (Å²) >= 11 is 1.70. The van der Waals surface area contributed by atoms with Crippen LogP contribution in [0.1, 0.15) is 26.2 Å². The summed E-state index contributed by atoms with van der Waals surface area (Å²) in [5.41, 5.74) is -0.340. The first-order valence-corrected chi connectivity index (χ1v) is 8.12. The van der Waals surface area contributed by atoms with Gasteiger partial charge < -0.3 is 20.1 Å². The molecule has 2 saturated heterocycles. The number of ether oxygens (including phenoxy) is 1. The van der Waals surface area contributed by atoms with E-state index in [0.29, 0.717) is 18.9 Å². The molecule has 7 heteroatoms. The van der Waals surface area contributed by atoms with E-state index in [1.54, 1.807) is 16.7 Å². The van der Waals surface area contributed by atoms with E-state index in [9.17, 15) is 9.59 Å². The fourth-order valence-electron chi connectivity index (χ4n) is 2.66. The fraction of sp³-hybridized carbons (Fsp3) is 0.846. The first-order valence-electron chi connectivity index (χ1n) is 6.96. The van der Waals surface area contributed by atoms with Gasteiger partial charge in [0.15, 0.2) is 0 Å². The van der Waals surface area contributed by atoms with Gasteiger partial charge in [-0.05, 0) is 19.8 Å². The number of nitrogens with zero attached hydrogens (tertiary/aromatic N) is 1. The second kappa shape index (κ2) is 6.67. The molecule has 0 saturated carbocycles. The lowest BCUT2D eigenvalue weighted by Crippen LogP contribution is -2.59. The number of carbonyl (C=O) groups is 2. The fourth-order valence-corrected chi connectivity index (χ4v) is 3.72. The highest BCUT2D eigenvalue weighted by atomic mass is 32.2. The zero-order chi connectivity index (χ0) is 14.6. The van der Waals surface area contributed by atoms with Gasteiger partial charge in [0.2, 0.25) is 0 Å². The number of urea groups is 1. The maximum Gasteiger partial charge on any atom is 0.318 e. The van der Waals surface area contributed by atoms with Crippen LogP contribution in [0, 0.1) is 0 Å². The minimum atomic E-state index is -0.859. The molecule has 6 nitrogen and oxygen atoms in total. The Morgan fingerprint density at radius 3 is 3.00 bits per heavy atom. The summed E-state index contributed by atoms with van der Waals surface area (Å²) in [7, 11) is 0. The van der Waals surface area contributed by atoms with Crippen molar-refractivity contribution in [2.45, 2.75) is 37.8 Å². The Kier molecular flexibility index (Phi) is 5.15.